The van der Waals surface area contributed by atoms with E-state index >= 15 is 0 Å². The average Bonchev–Trinajstić information content (AvgIpc) is 2.94. The lowest BCUT2D eigenvalue weighted by atomic mass is 10.1. The van der Waals surface area contributed by atoms with E-state index in [9.17, 15) is 17.6 Å². The molecule has 5 rings (SSSR count). The number of anilines is 5. The Labute approximate surface area is 241 Å². The van der Waals surface area contributed by atoms with Gasteiger partial charge in [-0.2, -0.15) is 4.98 Å². The van der Waals surface area contributed by atoms with Crippen LogP contribution in [0.3, 0.4) is 0 Å². The lowest BCUT2D eigenvalue weighted by molar-refractivity contribution is -0.118. The van der Waals surface area contributed by atoms with Crippen LogP contribution in [-0.4, -0.2) is 36.7 Å². The Morgan fingerprint density at radius 3 is 2.49 bits per heavy atom. The molecule has 41 heavy (non-hydrogen) atoms. The number of thioether (sulfide) groups is 1. The molecule has 2 heterocycles. The molecule has 1 aromatic heterocycles. The van der Waals surface area contributed by atoms with Crippen LogP contribution in [0.1, 0.15) is 18.1 Å². The quantitative estimate of drug-likeness (QED) is 0.254. The molecular formula is C28H27FN6O4S2. The van der Waals surface area contributed by atoms with Crippen LogP contribution in [0.2, 0.25) is 0 Å². The van der Waals surface area contributed by atoms with Crippen molar-refractivity contribution in [2.24, 2.45) is 5.14 Å². The van der Waals surface area contributed by atoms with Gasteiger partial charge in [0.25, 0.3) is 0 Å². The minimum absolute atomic E-state index is 0.0351. The third kappa shape index (κ3) is 6.26. The second kappa shape index (κ2) is 11.4. The molecular weight excluding hydrogens is 567 g/mol. The van der Waals surface area contributed by atoms with Crippen molar-refractivity contribution < 1.29 is 22.3 Å². The molecule has 0 spiro atoms. The van der Waals surface area contributed by atoms with E-state index in [1.807, 2.05) is 37.3 Å². The summed E-state index contributed by atoms with van der Waals surface area (Å²) in [5.41, 5.74) is 3.00. The fourth-order valence-electron chi connectivity index (χ4n) is 4.33. The largest absolute Gasteiger partial charge is 0.497 e. The predicted octanol–water partition coefficient (Wildman–Crippen LogP) is 5.09. The first-order valence-corrected chi connectivity index (χ1v) is 14.9. The summed E-state index contributed by atoms with van der Waals surface area (Å²) < 4.78 is 43.8. The fourth-order valence-corrected chi connectivity index (χ4v) is 6.18. The number of fused-ring (bicyclic) bond motifs is 1. The lowest BCUT2D eigenvalue weighted by Gasteiger charge is -2.33. The number of hydrogen-bond donors (Lipinski definition) is 3. The molecule has 1 aliphatic heterocycles. The number of aryl methyl sites for hydroxylation is 1. The van der Waals surface area contributed by atoms with Crippen molar-refractivity contribution in [3.63, 3.8) is 0 Å². The van der Waals surface area contributed by atoms with Crippen molar-refractivity contribution in [1.29, 1.82) is 0 Å². The van der Waals surface area contributed by atoms with E-state index in [-0.39, 0.29) is 27.8 Å². The normalized spacial score (nSPS) is 14.9. The molecule has 0 aliphatic carbocycles. The van der Waals surface area contributed by atoms with Crippen LogP contribution < -0.4 is 25.4 Å². The number of halogens is 1. The topological polar surface area (TPSA) is 140 Å². The molecule has 13 heteroatoms. The van der Waals surface area contributed by atoms with Gasteiger partial charge in [-0.15, -0.1) is 11.8 Å². The third-order valence-electron chi connectivity index (χ3n) is 6.42. The fraction of sp³-hybridized carbons (Fsp3) is 0.179. The molecule has 4 N–H and O–H groups in total. The monoisotopic (exact) mass is 594 g/mol. The van der Waals surface area contributed by atoms with Crippen molar-refractivity contribution >= 4 is 56.5 Å². The summed E-state index contributed by atoms with van der Waals surface area (Å²) in [7, 11) is -2.34. The minimum atomic E-state index is -3.94. The van der Waals surface area contributed by atoms with Gasteiger partial charge >= 0.3 is 0 Å². The number of ether oxygens (including phenoxy) is 1. The Hall–Kier alpha value is -4.20. The highest BCUT2D eigenvalue weighted by atomic mass is 32.2. The average molecular weight is 595 g/mol. The number of sulfonamides is 1. The number of carbonyl (C=O) groups excluding carboxylic acids is 1. The molecule has 0 fully saturated rings. The van der Waals surface area contributed by atoms with E-state index in [1.54, 1.807) is 43.2 Å². The maximum absolute atomic E-state index is 14.8. The van der Waals surface area contributed by atoms with Crippen LogP contribution in [0, 0.1) is 12.7 Å². The maximum atomic E-state index is 14.8. The molecule has 1 amide bonds. The summed E-state index contributed by atoms with van der Waals surface area (Å²) in [6.45, 7) is 3.86. The number of hydrogen-bond acceptors (Lipinski definition) is 9. The van der Waals surface area contributed by atoms with Crippen molar-refractivity contribution in [3.05, 3.63) is 83.8 Å². The van der Waals surface area contributed by atoms with Crippen molar-refractivity contribution in [2.75, 3.05) is 22.6 Å². The maximum Gasteiger partial charge on any atom is 0.240 e. The number of nitrogens with zero attached hydrogens (tertiary/aromatic N) is 3. The number of methoxy groups -OCH3 is 1. The van der Waals surface area contributed by atoms with Crippen molar-refractivity contribution in [1.82, 2.24) is 9.97 Å². The Balaban J connectivity index is 1.41. The van der Waals surface area contributed by atoms with Gasteiger partial charge in [-0.1, -0.05) is 18.2 Å². The molecule has 0 unspecified atom stereocenters. The molecule has 3 aromatic carbocycles. The summed E-state index contributed by atoms with van der Waals surface area (Å²) in [4.78, 5) is 24.0. The number of primary sulfonamides is 1. The van der Waals surface area contributed by atoms with Crippen molar-refractivity contribution in [3.8, 4) is 5.75 Å². The van der Waals surface area contributed by atoms with Crippen LogP contribution in [0.25, 0.3) is 0 Å². The molecule has 10 nitrogen and oxygen atoms in total. The first kappa shape index (κ1) is 28.3. The zero-order valence-corrected chi connectivity index (χ0v) is 24.0. The van der Waals surface area contributed by atoms with Crippen LogP contribution in [0.4, 0.5) is 33.2 Å². The number of carbonyl (C=O) groups is 1. The first-order valence-electron chi connectivity index (χ1n) is 12.5. The van der Waals surface area contributed by atoms with Gasteiger partial charge in [-0.05, 0) is 67.4 Å². The molecule has 212 valence electrons. The van der Waals surface area contributed by atoms with E-state index in [1.165, 1.54) is 17.8 Å². The number of aromatic nitrogens is 2. The Morgan fingerprint density at radius 1 is 1.07 bits per heavy atom. The van der Waals surface area contributed by atoms with E-state index in [2.05, 4.69) is 20.6 Å². The summed E-state index contributed by atoms with van der Waals surface area (Å²) >= 11 is 1.47. The van der Waals surface area contributed by atoms with Gasteiger partial charge in [0, 0.05) is 16.3 Å². The third-order valence-corrected chi connectivity index (χ3v) is 8.63. The highest BCUT2D eigenvalue weighted by Gasteiger charge is 2.31. The zero-order chi connectivity index (χ0) is 29.3. The van der Waals surface area contributed by atoms with Gasteiger partial charge in [0.05, 0.1) is 35.7 Å². The summed E-state index contributed by atoms with van der Waals surface area (Å²) in [6.07, 6.45) is 1.00. The Kier molecular flexibility index (Phi) is 7.84. The predicted molar refractivity (Wildman–Crippen MR) is 157 cm³/mol. The zero-order valence-electron chi connectivity index (χ0n) is 22.4. The molecule has 0 bridgehead atoms. The Bertz CT molecular complexity index is 1730. The van der Waals surface area contributed by atoms with Gasteiger partial charge in [0.1, 0.15) is 5.75 Å². The second-order valence-electron chi connectivity index (χ2n) is 9.38. The first-order chi connectivity index (χ1) is 19.5. The van der Waals surface area contributed by atoms with Gasteiger partial charge in [0.15, 0.2) is 11.6 Å². The highest BCUT2D eigenvalue weighted by Crippen LogP contribution is 2.41. The number of nitrogens with two attached hydrogens (primary N) is 1. The van der Waals surface area contributed by atoms with Crippen LogP contribution in [-0.2, 0) is 21.4 Å². The number of rotatable bonds is 8. The standard InChI is InChI=1S/C28H27FN6O4S2/c1-16-4-7-20(13-25(16)41(30,37)38)33-28-31-14-22(29)26(34-28)32-19-8-11-24-23(12-19)35(27(36)17(2)40-24)15-18-5-9-21(39-3)10-6-18/h4-14,17H,15H2,1-3H3,(H2,30,37,38)(H2,31,32,33,34)/t17-/m1/s1. The van der Waals surface area contributed by atoms with Crippen LogP contribution in [0.5, 0.6) is 5.75 Å². The summed E-state index contributed by atoms with van der Waals surface area (Å²) in [6, 6.07) is 17.5. The van der Waals surface area contributed by atoms with Gasteiger partial charge < -0.3 is 20.3 Å². The van der Waals surface area contributed by atoms with Crippen molar-refractivity contribution in [2.45, 2.75) is 35.4 Å². The number of benzene rings is 3. The van der Waals surface area contributed by atoms with Gasteiger partial charge in [-0.25, -0.2) is 22.9 Å². The van der Waals surface area contributed by atoms with E-state index in [0.717, 1.165) is 22.4 Å². The van der Waals surface area contributed by atoms with E-state index in [4.69, 9.17) is 9.88 Å². The summed E-state index contributed by atoms with van der Waals surface area (Å²) in [5.74, 6) is -0.0749. The minimum Gasteiger partial charge on any atom is -0.497 e. The summed E-state index contributed by atoms with van der Waals surface area (Å²) in [5, 5.41) is 10.9. The molecule has 1 atom stereocenters. The second-order valence-corrected chi connectivity index (χ2v) is 12.3. The van der Waals surface area contributed by atoms with Gasteiger partial charge in [-0.3, -0.25) is 4.79 Å². The lowest BCUT2D eigenvalue weighted by Crippen LogP contribution is -2.39. The molecule has 0 saturated carbocycles. The van der Waals surface area contributed by atoms with Crippen LogP contribution >= 0.6 is 11.8 Å². The number of amides is 1. The SMILES string of the molecule is COc1ccc(CN2C(=O)[C@@H](C)Sc3ccc(Nc4nc(Nc5ccc(C)c(S(N)(=O)=O)c5)ncc4F)cc32)cc1. The smallest absolute Gasteiger partial charge is 0.240 e. The highest BCUT2D eigenvalue weighted by molar-refractivity contribution is 8.01. The number of nitrogens with one attached hydrogen (secondary N) is 2. The molecule has 1 aliphatic rings. The molecule has 0 radical (unpaired) electrons. The van der Waals surface area contributed by atoms with E-state index < -0.39 is 15.8 Å². The Morgan fingerprint density at radius 2 is 1.78 bits per heavy atom. The molecule has 0 saturated heterocycles. The van der Waals surface area contributed by atoms with Gasteiger partial charge in [0.2, 0.25) is 21.9 Å². The molecule has 4 aromatic rings. The van der Waals surface area contributed by atoms with E-state index in [0.29, 0.717) is 29.2 Å². The van der Waals surface area contributed by atoms with Crippen LogP contribution in [0.15, 0.2) is 76.7 Å².